The molecule has 1 aromatic rings. The van der Waals surface area contributed by atoms with Gasteiger partial charge in [0.1, 0.15) is 6.04 Å². The molecular formula is C10H11F2NO2. The lowest BCUT2D eigenvalue weighted by molar-refractivity contribution is -0.139. The lowest BCUT2D eigenvalue weighted by Gasteiger charge is -2.08. The number of halogens is 2. The van der Waals surface area contributed by atoms with E-state index in [9.17, 15) is 13.6 Å². The normalized spacial score (nSPS) is 12.5. The summed E-state index contributed by atoms with van der Waals surface area (Å²) >= 11 is 0. The first-order valence-electron chi connectivity index (χ1n) is 4.41. The van der Waals surface area contributed by atoms with Crippen LogP contribution >= 0.6 is 0 Å². The number of aliphatic carboxylic acids is 1. The van der Waals surface area contributed by atoms with Gasteiger partial charge in [-0.05, 0) is 24.6 Å². The molecule has 0 aliphatic carbocycles. The van der Waals surface area contributed by atoms with E-state index in [0.717, 1.165) is 12.1 Å². The summed E-state index contributed by atoms with van der Waals surface area (Å²) in [7, 11) is 0. The van der Waals surface area contributed by atoms with Crippen LogP contribution in [-0.4, -0.2) is 17.1 Å². The van der Waals surface area contributed by atoms with Gasteiger partial charge in [-0.25, -0.2) is 8.78 Å². The van der Waals surface area contributed by atoms with Crippen molar-refractivity contribution in [3.05, 3.63) is 35.4 Å². The van der Waals surface area contributed by atoms with Crippen molar-refractivity contribution in [1.29, 1.82) is 0 Å². The van der Waals surface area contributed by atoms with Gasteiger partial charge >= 0.3 is 5.97 Å². The van der Waals surface area contributed by atoms with Crippen molar-refractivity contribution in [2.45, 2.75) is 19.5 Å². The van der Waals surface area contributed by atoms with Gasteiger partial charge in [-0.1, -0.05) is 6.07 Å². The minimum Gasteiger partial charge on any atom is -0.480 e. The first kappa shape index (κ1) is 11.6. The first-order valence-corrected chi connectivity index (χ1v) is 4.41. The summed E-state index contributed by atoms with van der Waals surface area (Å²) in [6.07, 6.45) is 0. The van der Waals surface area contributed by atoms with E-state index in [-0.39, 0.29) is 6.54 Å². The third-order valence-electron chi connectivity index (χ3n) is 1.97. The minimum absolute atomic E-state index is 0.185. The number of benzene rings is 1. The molecule has 82 valence electrons. The van der Waals surface area contributed by atoms with Crippen LogP contribution in [0.3, 0.4) is 0 Å². The zero-order valence-corrected chi connectivity index (χ0v) is 8.13. The smallest absolute Gasteiger partial charge is 0.320 e. The van der Waals surface area contributed by atoms with E-state index in [2.05, 4.69) is 5.32 Å². The predicted octanol–water partition coefficient (Wildman–Crippen LogP) is 1.53. The third kappa shape index (κ3) is 3.28. The maximum atomic E-state index is 12.7. The largest absolute Gasteiger partial charge is 0.480 e. The van der Waals surface area contributed by atoms with Gasteiger partial charge in [-0.3, -0.25) is 4.79 Å². The van der Waals surface area contributed by atoms with Crippen molar-refractivity contribution < 1.29 is 18.7 Å². The van der Waals surface area contributed by atoms with E-state index in [4.69, 9.17) is 5.11 Å². The van der Waals surface area contributed by atoms with Crippen LogP contribution in [0.4, 0.5) is 8.78 Å². The molecule has 0 unspecified atom stereocenters. The molecule has 1 atom stereocenters. The first-order chi connectivity index (χ1) is 7.00. The molecule has 1 rings (SSSR count). The maximum absolute atomic E-state index is 12.7. The van der Waals surface area contributed by atoms with Gasteiger partial charge in [0.05, 0.1) is 0 Å². The molecule has 0 bridgehead atoms. The van der Waals surface area contributed by atoms with E-state index in [0.29, 0.717) is 5.56 Å². The molecule has 5 heteroatoms. The Kier molecular flexibility index (Phi) is 3.74. The lowest BCUT2D eigenvalue weighted by Crippen LogP contribution is -2.33. The second-order valence-corrected chi connectivity index (χ2v) is 3.19. The Balaban J connectivity index is 2.58. The molecule has 0 fully saturated rings. The van der Waals surface area contributed by atoms with Crippen molar-refractivity contribution in [2.24, 2.45) is 0 Å². The molecule has 15 heavy (non-hydrogen) atoms. The monoisotopic (exact) mass is 215 g/mol. The number of carboxylic acid groups (broad SMARTS) is 1. The summed E-state index contributed by atoms with van der Waals surface area (Å²) in [4.78, 5) is 10.4. The Morgan fingerprint density at radius 2 is 2.13 bits per heavy atom. The molecular weight excluding hydrogens is 204 g/mol. The molecule has 0 aliphatic heterocycles. The van der Waals surface area contributed by atoms with Crippen molar-refractivity contribution in [2.75, 3.05) is 0 Å². The minimum atomic E-state index is -0.988. The molecule has 0 heterocycles. The Morgan fingerprint density at radius 1 is 1.47 bits per heavy atom. The Morgan fingerprint density at radius 3 is 2.67 bits per heavy atom. The fourth-order valence-corrected chi connectivity index (χ4v) is 1.01. The van der Waals surface area contributed by atoms with Gasteiger partial charge in [0.25, 0.3) is 0 Å². The van der Waals surface area contributed by atoms with E-state index in [1.807, 2.05) is 0 Å². The average Bonchev–Trinajstić information content (AvgIpc) is 2.19. The van der Waals surface area contributed by atoms with Gasteiger partial charge in [-0.15, -0.1) is 0 Å². The topological polar surface area (TPSA) is 49.3 Å². The second kappa shape index (κ2) is 4.84. The maximum Gasteiger partial charge on any atom is 0.320 e. The van der Waals surface area contributed by atoms with Crippen LogP contribution in [0.2, 0.25) is 0 Å². The summed E-state index contributed by atoms with van der Waals surface area (Å²) in [5.74, 6) is -2.83. The lowest BCUT2D eigenvalue weighted by atomic mass is 10.2. The highest BCUT2D eigenvalue weighted by Gasteiger charge is 2.10. The molecule has 3 nitrogen and oxygen atoms in total. The van der Waals surface area contributed by atoms with Crippen LogP contribution in [0.15, 0.2) is 18.2 Å². The van der Waals surface area contributed by atoms with Gasteiger partial charge in [0.15, 0.2) is 11.6 Å². The van der Waals surface area contributed by atoms with Crippen LogP contribution in [-0.2, 0) is 11.3 Å². The zero-order chi connectivity index (χ0) is 11.4. The SMILES string of the molecule is C[C@H](NCc1ccc(F)c(F)c1)C(=O)O. The summed E-state index contributed by atoms with van der Waals surface area (Å²) in [6, 6.07) is 2.73. The highest BCUT2D eigenvalue weighted by Crippen LogP contribution is 2.08. The molecule has 1 aromatic carbocycles. The van der Waals surface area contributed by atoms with Gasteiger partial charge in [0, 0.05) is 6.54 Å². The van der Waals surface area contributed by atoms with Gasteiger partial charge in [0.2, 0.25) is 0 Å². The number of carbonyl (C=O) groups is 1. The zero-order valence-electron chi connectivity index (χ0n) is 8.13. The summed E-state index contributed by atoms with van der Waals surface area (Å²) in [5.41, 5.74) is 0.502. The average molecular weight is 215 g/mol. The number of carboxylic acids is 1. The summed E-state index contributed by atoms with van der Waals surface area (Å²) in [5, 5.41) is 11.2. The summed E-state index contributed by atoms with van der Waals surface area (Å²) < 4.78 is 25.3. The van der Waals surface area contributed by atoms with Crippen molar-refractivity contribution in [1.82, 2.24) is 5.32 Å². The molecule has 0 aliphatic rings. The van der Waals surface area contributed by atoms with Crippen LogP contribution in [0, 0.1) is 11.6 Å². The summed E-state index contributed by atoms with van der Waals surface area (Å²) in [6.45, 7) is 1.66. The molecule has 0 amide bonds. The number of rotatable bonds is 4. The highest BCUT2D eigenvalue weighted by molar-refractivity contribution is 5.72. The van der Waals surface area contributed by atoms with Crippen LogP contribution in [0.1, 0.15) is 12.5 Å². The van der Waals surface area contributed by atoms with Crippen molar-refractivity contribution in [3.8, 4) is 0 Å². The van der Waals surface area contributed by atoms with E-state index < -0.39 is 23.6 Å². The Bertz CT molecular complexity index is 368. The van der Waals surface area contributed by atoms with Crippen LogP contribution in [0.25, 0.3) is 0 Å². The Hall–Kier alpha value is -1.49. The van der Waals surface area contributed by atoms with Crippen molar-refractivity contribution >= 4 is 5.97 Å². The van der Waals surface area contributed by atoms with Crippen LogP contribution in [0.5, 0.6) is 0 Å². The molecule has 0 saturated heterocycles. The molecule has 2 N–H and O–H groups in total. The fourth-order valence-electron chi connectivity index (χ4n) is 1.01. The molecule has 0 saturated carbocycles. The molecule has 0 radical (unpaired) electrons. The molecule has 0 aromatic heterocycles. The predicted molar refractivity (Wildman–Crippen MR) is 50.3 cm³/mol. The fraction of sp³-hybridized carbons (Fsp3) is 0.300. The Labute approximate surface area is 85.7 Å². The van der Waals surface area contributed by atoms with E-state index in [1.54, 1.807) is 0 Å². The van der Waals surface area contributed by atoms with Gasteiger partial charge < -0.3 is 10.4 Å². The number of nitrogens with one attached hydrogen (secondary N) is 1. The quantitative estimate of drug-likeness (QED) is 0.800. The number of hydrogen-bond acceptors (Lipinski definition) is 2. The highest BCUT2D eigenvalue weighted by atomic mass is 19.2. The second-order valence-electron chi connectivity index (χ2n) is 3.19. The van der Waals surface area contributed by atoms with Crippen LogP contribution < -0.4 is 5.32 Å². The van der Waals surface area contributed by atoms with E-state index >= 15 is 0 Å². The number of hydrogen-bond donors (Lipinski definition) is 2. The van der Waals surface area contributed by atoms with E-state index in [1.165, 1.54) is 13.0 Å². The third-order valence-corrected chi connectivity index (χ3v) is 1.97. The standard InChI is InChI=1S/C10H11F2NO2/c1-6(10(14)15)13-5-7-2-3-8(11)9(12)4-7/h2-4,6,13H,5H2,1H3,(H,14,15)/t6-/m0/s1. The molecule has 0 spiro atoms. The van der Waals surface area contributed by atoms with Crippen molar-refractivity contribution in [3.63, 3.8) is 0 Å². The van der Waals surface area contributed by atoms with Gasteiger partial charge in [-0.2, -0.15) is 0 Å².